The molecule has 0 bridgehead atoms. The highest BCUT2D eigenvalue weighted by atomic mass is 35.5. The topological polar surface area (TPSA) is 79.6 Å². The Kier molecular flexibility index (Phi) is 7.37. The molecule has 4 aromatic rings. The monoisotopic (exact) mass is 484 g/mol. The zero-order valence-electron chi connectivity index (χ0n) is 19.5. The second-order valence-electron chi connectivity index (χ2n) is 8.65. The minimum Gasteiger partial charge on any atom is -0.478 e. The number of hydrogen-bond acceptors (Lipinski definition) is 4. The van der Waals surface area contributed by atoms with Crippen molar-refractivity contribution in [3.63, 3.8) is 0 Å². The Morgan fingerprint density at radius 1 is 0.914 bits per heavy atom. The number of aryl methyl sites for hydroxylation is 2. The lowest BCUT2D eigenvalue weighted by Gasteiger charge is -2.23. The van der Waals surface area contributed by atoms with Crippen molar-refractivity contribution in [2.75, 3.05) is 0 Å². The van der Waals surface area contributed by atoms with E-state index in [-0.39, 0.29) is 11.5 Å². The van der Waals surface area contributed by atoms with Crippen LogP contribution in [0.5, 0.6) is 0 Å². The summed E-state index contributed by atoms with van der Waals surface area (Å²) in [5, 5.41) is 13.3. The van der Waals surface area contributed by atoms with Crippen LogP contribution in [0.15, 0.2) is 90.2 Å². The van der Waals surface area contributed by atoms with Crippen LogP contribution in [0.2, 0.25) is 5.02 Å². The van der Waals surface area contributed by atoms with Gasteiger partial charge in [-0.05, 0) is 90.0 Å². The lowest BCUT2D eigenvalue weighted by Crippen LogP contribution is -2.09. The number of carboxylic acids is 1. The lowest BCUT2D eigenvalue weighted by atomic mass is 9.82. The van der Waals surface area contributed by atoms with E-state index in [9.17, 15) is 9.70 Å². The number of benzene rings is 3. The van der Waals surface area contributed by atoms with Crippen LogP contribution >= 0.6 is 11.6 Å². The first-order chi connectivity index (χ1) is 16.9. The fraction of sp³-hybridized carbons (Fsp3) is 0.172. The van der Waals surface area contributed by atoms with Crippen LogP contribution < -0.4 is 0 Å². The second kappa shape index (κ2) is 10.6. The first-order valence-electron chi connectivity index (χ1n) is 11.3. The van der Waals surface area contributed by atoms with Crippen molar-refractivity contribution in [3.8, 4) is 11.1 Å². The molecule has 0 aliphatic heterocycles. The summed E-state index contributed by atoms with van der Waals surface area (Å²) in [5.74, 6) is -1.03. The number of nitroso groups, excluding NO2 is 1. The molecule has 35 heavy (non-hydrogen) atoms. The Balaban J connectivity index is 1.70. The summed E-state index contributed by atoms with van der Waals surface area (Å²) in [6, 6.07) is 24.0. The van der Waals surface area contributed by atoms with Gasteiger partial charge >= 0.3 is 5.97 Å². The number of aromatic nitrogens is 1. The fourth-order valence-electron chi connectivity index (χ4n) is 4.42. The van der Waals surface area contributed by atoms with Gasteiger partial charge in [-0.2, -0.15) is 4.91 Å². The van der Waals surface area contributed by atoms with Crippen LogP contribution in [0.1, 0.15) is 56.7 Å². The molecule has 2 atom stereocenters. The number of carboxylic acid groups (broad SMARTS) is 1. The largest absolute Gasteiger partial charge is 0.478 e. The molecule has 1 N–H and O–H groups in total. The maximum absolute atomic E-state index is 11.9. The number of pyridine rings is 1. The van der Waals surface area contributed by atoms with Gasteiger partial charge in [0.25, 0.3) is 0 Å². The van der Waals surface area contributed by atoms with Gasteiger partial charge in [0.05, 0.1) is 5.56 Å². The molecule has 4 rings (SSSR count). The minimum atomic E-state index is -0.948. The van der Waals surface area contributed by atoms with Gasteiger partial charge in [-0.3, -0.25) is 4.98 Å². The van der Waals surface area contributed by atoms with Gasteiger partial charge in [0, 0.05) is 22.8 Å². The van der Waals surface area contributed by atoms with Crippen LogP contribution in [-0.2, 0) is 0 Å². The molecule has 0 aliphatic carbocycles. The van der Waals surface area contributed by atoms with Gasteiger partial charge in [0.15, 0.2) is 0 Å². The molecule has 1 unspecified atom stereocenters. The predicted octanol–water partition coefficient (Wildman–Crippen LogP) is 7.75. The van der Waals surface area contributed by atoms with Crippen molar-refractivity contribution in [1.29, 1.82) is 0 Å². The third kappa shape index (κ3) is 5.64. The first kappa shape index (κ1) is 24.3. The van der Waals surface area contributed by atoms with E-state index in [1.165, 1.54) is 0 Å². The average molecular weight is 485 g/mol. The minimum absolute atomic E-state index is 0.0770. The summed E-state index contributed by atoms with van der Waals surface area (Å²) < 4.78 is 0. The number of nitrogens with zero attached hydrogens (tertiary/aromatic N) is 2. The fourth-order valence-corrected chi connectivity index (χ4v) is 4.65. The van der Waals surface area contributed by atoms with Gasteiger partial charge < -0.3 is 5.11 Å². The molecule has 5 nitrogen and oxygen atoms in total. The molecule has 3 aromatic carbocycles. The van der Waals surface area contributed by atoms with Crippen LogP contribution in [0.3, 0.4) is 0 Å². The number of aromatic carboxylic acids is 1. The van der Waals surface area contributed by atoms with E-state index in [0.29, 0.717) is 11.4 Å². The first-order valence-corrected chi connectivity index (χ1v) is 11.7. The second-order valence-corrected chi connectivity index (χ2v) is 9.08. The van der Waals surface area contributed by atoms with E-state index < -0.39 is 12.0 Å². The maximum Gasteiger partial charge on any atom is 0.335 e. The number of carbonyl (C=O) groups is 1. The lowest BCUT2D eigenvalue weighted by molar-refractivity contribution is 0.0697. The van der Waals surface area contributed by atoms with Crippen molar-refractivity contribution < 1.29 is 9.90 Å². The Morgan fingerprint density at radius 3 is 2.14 bits per heavy atom. The number of hydrogen-bond donors (Lipinski definition) is 1. The average Bonchev–Trinajstić information content (AvgIpc) is 2.86. The highest BCUT2D eigenvalue weighted by Crippen LogP contribution is 2.38. The third-order valence-electron chi connectivity index (χ3n) is 6.28. The Morgan fingerprint density at radius 2 is 1.57 bits per heavy atom. The van der Waals surface area contributed by atoms with E-state index in [4.69, 9.17) is 16.7 Å². The van der Waals surface area contributed by atoms with E-state index in [1.54, 1.807) is 30.5 Å². The van der Waals surface area contributed by atoms with Crippen molar-refractivity contribution in [3.05, 3.63) is 129 Å². The molecule has 0 amide bonds. The molecule has 1 aromatic heterocycles. The van der Waals surface area contributed by atoms with Gasteiger partial charge in [-0.1, -0.05) is 59.2 Å². The third-order valence-corrected chi connectivity index (χ3v) is 6.51. The van der Waals surface area contributed by atoms with Crippen LogP contribution in [0, 0.1) is 18.8 Å². The van der Waals surface area contributed by atoms with Crippen molar-refractivity contribution in [2.45, 2.75) is 32.2 Å². The van der Waals surface area contributed by atoms with E-state index in [0.717, 1.165) is 39.1 Å². The van der Waals surface area contributed by atoms with Crippen molar-refractivity contribution >= 4 is 17.6 Å². The molecule has 0 saturated carbocycles. The summed E-state index contributed by atoms with van der Waals surface area (Å²) in [7, 11) is 0. The highest BCUT2D eigenvalue weighted by molar-refractivity contribution is 6.30. The molecule has 0 aliphatic rings. The summed E-state index contributed by atoms with van der Waals surface area (Å²) in [6.07, 6.45) is 2.21. The highest BCUT2D eigenvalue weighted by Gasteiger charge is 2.24. The molecule has 0 saturated heterocycles. The summed E-state index contributed by atoms with van der Waals surface area (Å²) in [4.78, 5) is 27.3. The van der Waals surface area contributed by atoms with Crippen molar-refractivity contribution in [1.82, 2.24) is 4.98 Å². The number of rotatable bonds is 8. The van der Waals surface area contributed by atoms with Crippen LogP contribution in [0.25, 0.3) is 11.1 Å². The summed E-state index contributed by atoms with van der Waals surface area (Å²) in [5.41, 5.74) is 7.04. The predicted molar refractivity (Wildman–Crippen MR) is 139 cm³/mol. The molecule has 0 fully saturated rings. The van der Waals surface area contributed by atoms with Gasteiger partial charge in [-0.25, -0.2) is 4.79 Å². The van der Waals surface area contributed by atoms with Crippen molar-refractivity contribution in [2.24, 2.45) is 5.18 Å². The van der Waals surface area contributed by atoms with E-state index >= 15 is 0 Å². The normalized spacial score (nSPS) is 12.7. The molecule has 6 heteroatoms. The Hall–Kier alpha value is -3.83. The smallest absolute Gasteiger partial charge is 0.335 e. The van der Waals surface area contributed by atoms with Gasteiger partial charge in [0.2, 0.25) is 0 Å². The Labute approximate surface area is 209 Å². The maximum atomic E-state index is 11.9. The number of halogens is 1. The zero-order chi connectivity index (χ0) is 24.9. The van der Waals surface area contributed by atoms with Crippen LogP contribution in [-0.4, -0.2) is 16.1 Å². The van der Waals surface area contributed by atoms with E-state index in [2.05, 4.69) is 22.3 Å². The molecule has 176 valence electrons. The van der Waals surface area contributed by atoms with Gasteiger partial charge in [-0.15, -0.1) is 0 Å². The Bertz CT molecular complexity index is 1350. The summed E-state index contributed by atoms with van der Waals surface area (Å²) >= 11 is 6.22. The summed E-state index contributed by atoms with van der Waals surface area (Å²) in [6.45, 7) is 3.92. The van der Waals surface area contributed by atoms with Crippen LogP contribution in [0.4, 0.5) is 0 Å². The molecular formula is C29H25ClN2O3. The molecule has 0 spiro atoms. The standard InChI is InChI=1S/C29H25ClN2O3/c1-18-15-25(30)11-12-26(18)27(17-28(32-35)24-13-14-31-19(2)16-24)22-7-3-20(4-8-22)21-5-9-23(10-6-21)29(33)34/h3-16,27-28H,17H2,1-2H3,(H,33,34)/t27-,28?/m1/s1. The molecular weight excluding hydrogens is 460 g/mol. The molecule has 0 radical (unpaired) electrons. The van der Waals surface area contributed by atoms with E-state index in [1.807, 2.05) is 56.3 Å². The SMILES string of the molecule is Cc1cc(C(C[C@H](c2ccc(-c3ccc(C(=O)O)cc3)cc2)c2ccc(Cl)cc2C)N=O)ccn1. The molecule has 1 heterocycles. The quantitative estimate of drug-likeness (QED) is 0.259. The zero-order valence-corrected chi connectivity index (χ0v) is 20.2. The van der Waals surface area contributed by atoms with Gasteiger partial charge in [0.1, 0.15) is 6.04 Å².